The van der Waals surface area contributed by atoms with Crippen molar-refractivity contribution in [3.05, 3.63) is 59.7 Å². The Bertz CT molecular complexity index is 599. The second-order valence-electron chi connectivity index (χ2n) is 3.57. The fraction of sp³-hybridized carbons (Fsp3) is 0. The number of carbonyl (C=O) groups excluding carboxylic acids is 1. The van der Waals surface area contributed by atoms with Crippen LogP contribution >= 0.6 is 0 Å². The molecule has 0 aliphatic rings. The highest BCUT2D eigenvalue weighted by atomic mass is 19.2. The molecule has 0 radical (unpaired) electrons. The minimum Gasteiger partial charge on any atom is -0.506 e. The maximum absolute atomic E-state index is 13.4. The zero-order chi connectivity index (χ0) is 13.1. The molecule has 92 valence electrons. The van der Waals surface area contributed by atoms with Crippen LogP contribution in [0.4, 0.5) is 14.5 Å². The van der Waals surface area contributed by atoms with Gasteiger partial charge in [0.1, 0.15) is 5.75 Å². The molecular formula is C13H9F2NO2. The van der Waals surface area contributed by atoms with E-state index in [2.05, 4.69) is 5.32 Å². The van der Waals surface area contributed by atoms with Crippen molar-refractivity contribution >= 4 is 11.6 Å². The zero-order valence-electron chi connectivity index (χ0n) is 9.15. The first-order valence-electron chi connectivity index (χ1n) is 5.13. The van der Waals surface area contributed by atoms with Gasteiger partial charge in [-0.2, -0.15) is 0 Å². The molecule has 0 aromatic heterocycles. The van der Waals surface area contributed by atoms with E-state index in [1.165, 1.54) is 18.2 Å². The average Bonchev–Trinajstić information content (AvgIpc) is 2.35. The lowest BCUT2D eigenvalue weighted by Crippen LogP contribution is -2.14. The van der Waals surface area contributed by atoms with E-state index in [0.29, 0.717) is 0 Å². The fourth-order valence-corrected chi connectivity index (χ4v) is 1.45. The number of phenols is 1. The smallest absolute Gasteiger partial charge is 0.258 e. The van der Waals surface area contributed by atoms with Gasteiger partial charge in [-0.3, -0.25) is 4.79 Å². The van der Waals surface area contributed by atoms with Crippen LogP contribution in [0.3, 0.4) is 0 Å². The van der Waals surface area contributed by atoms with Gasteiger partial charge in [0.2, 0.25) is 0 Å². The van der Waals surface area contributed by atoms with Crippen LogP contribution in [-0.4, -0.2) is 11.0 Å². The number of anilines is 1. The van der Waals surface area contributed by atoms with Crippen LogP contribution in [0.2, 0.25) is 0 Å². The lowest BCUT2D eigenvalue weighted by Gasteiger charge is -2.07. The summed E-state index contributed by atoms with van der Waals surface area (Å²) in [6, 6.07) is 9.31. The number of halogens is 2. The van der Waals surface area contributed by atoms with E-state index in [-0.39, 0.29) is 11.4 Å². The molecule has 0 heterocycles. The molecule has 1 amide bonds. The number of hydrogen-bond donors (Lipinski definition) is 2. The molecule has 5 heteroatoms. The number of aromatic hydroxyl groups is 1. The lowest BCUT2D eigenvalue weighted by molar-refractivity contribution is 0.102. The standard InChI is InChI=1S/C13H9F2NO2/c14-9-5-3-4-8(12(9)15)13(18)16-10-6-1-2-7-11(10)17/h1-7,17H,(H,16,18). The van der Waals surface area contributed by atoms with Crippen LogP contribution in [0, 0.1) is 11.6 Å². The van der Waals surface area contributed by atoms with Gasteiger partial charge in [-0.15, -0.1) is 0 Å². The number of hydrogen-bond acceptors (Lipinski definition) is 2. The summed E-state index contributed by atoms with van der Waals surface area (Å²) >= 11 is 0. The highest BCUT2D eigenvalue weighted by Gasteiger charge is 2.15. The number of benzene rings is 2. The number of nitrogens with one attached hydrogen (secondary N) is 1. The van der Waals surface area contributed by atoms with Crippen molar-refractivity contribution < 1.29 is 18.7 Å². The Kier molecular flexibility index (Phi) is 3.23. The van der Waals surface area contributed by atoms with E-state index in [9.17, 15) is 18.7 Å². The van der Waals surface area contributed by atoms with Crippen molar-refractivity contribution in [3.63, 3.8) is 0 Å². The monoisotopic (exact) mass is 249 g/mol. The number of phenolic OH excluding ortho intramolecular Hbond substituents is 1. The fourth-order valence-electron chi connectivity index (χ4n) is 1.45. The maximum Gasteiger partial charge on any atom is 0.258 e. The molecule has 2 aromatic rings. The Balaban J connectivity index is 2.28. The summed E-state index contributed by atoms with van der Waals surface area (Å²) in [5.74, 6) is -3.29. The Morgan fingerprint density at radius 3 is 2.50 bits per heavy atom. The summed E-state index contributed by atoms with van der Waals surface area (Å²) in [6.07, 6.45) is 0. The van der Waals surface area contributed by atoms with E-state index < -0.39 is 23.1 Å². The molecule has 0 aliphatic carbocycles. The van der Waals surface area contributed by atoms with E-state index in [1.807, 2.05) is 0 Å². The Hall–Kier alpha value is -2.43. The van der Waals surface area contributed by atoms with E-state index in [4.69, 9.17) is 0 Å². The molecule has 18 heavy (non-hydrogen) atoms. The Labute approximate surface area is 102 Å². The summed E-state index contributed by atoms with van der Waals surface area (Å²) in [4.78, 5) is 11.7. The molecule has 2 N–H and O–H groups in total. The Morgan fingerprint density at radius 1 is 1.06 bits per heavy atom. The van der Waals surface area contributed by atoms with Gasteiger partial charge < -0.3 is 10.4 Å². The Morgan fingerprint density at radius 2 is 1.78 bits per heavy atom. The van der Waals surface area contributed by atoms with Gasteiger partial charge in [-0.1, -0.05) is 18.2 Å². The van der Waals surface area contributed by atoms with Crippen LogP contribution in [0.25, 0.3) is 0 Å². The van der Waals surface area contributed by atoms with Crippen molar-refractivity contribution in [1.29, 1.82) is 0 Å². The molecule has 0 saturated carbocycles. The second-order valence-corrected chi connectivity index (χ2v) is 3.57. The number of rotatable bonds is 2. The maximum atomic E-state index is 13.4. The average molecular weight is 249 g/mol. The van der Waals surface area contributed by atoms with Gasteiger partial charge in [0.05, 0.1) is 11.3 Å². The van der Waals surface area contributed by atoms with Crippen LogP contribution < -0.4 is 5.32 Å². The normalized spacial score (nSPS) is 10.1. The lowest BCUT2D eigenvalue weighted by atomic mass is 10.2. The van der Waals surface area contributed by atoms with Crippen molar-refractivity contribution in [2.75, 3.05) is 5.32 Å². The highest BCUT2D eigenvalue weighted by Crippen LogP contribution is 2.22. The molecule has 2 aromatic carbocycles. The van der Waals surface area contributed by atoms with Crippen LogP contribution in [0.1, 0.15) is 10.4 Å². The van der Waals surface area contributed by atoms with Crippen molar-refractivity contribution in [1.82, 2.24) is 0 Å². The molecular weight excluding hydrogens is 240 g/mol. The topological polar surface area (TPSA) is 49.3 Å². The molecule has 0 bridgehead atoms. The number of para-hydroxylation sites is 2. The minimum atomic E-state index is -1.22. The van der Waals surface area contributed by atoms with Gasteiger partial charge in [-0.05, 0) is 24.3 Å². The second kappa shape index (κ2) is 4.83. The molecule has 0 saturated heterocycles. The SMILES string of the molecule is O=C(Nc1ccccc1O)c1cccc(F)c1F. The summed E-state index contributed by atoms with van der Waals surface area (Å²) in [5.41, 5.74) is -0.288. The summed E-state index contributed by atoms with van der Waals surface area (Å²) in [6.45, 7) is 0. The largest absolute Gasteiger partial charge is 0.506 e. The van der Waals surface area contributed by atoms with E-state index in [0.717, 1.165) is 12.1 Å². The summed E-state index contributed by atoms with van der Waals surface area (Å²) in [5, 5.41) is 11.7. The van der Waals surface area contributed by atoms with Gasteiger partial charge in [0, 0.05) is 0 Å². The molecule has 0 fully saturated rings. The van der Waals surface area contributed by atoms with Gasteiger partial charge in [-0.25, -0.2) is 8.78 Å². The first-order chi connectivity index (χ1) is 8.59. The molecule has 0 unspecified atom stereocenters. The van der Waals surface area contributed by atoms with Crippen LogP contribution in [0.15, 0.2) is 42.5 Å². The summed E-state index contributed by atoms with van der Waals surface area (Å²) < 4.78 is 26.3. The third-order valence-electron chi connectivity index (χ3n) is 2.35. The third-order valence-corrected chi connectivity index (χ3v) is 2.35. The number of carbonyl (C=O) groups is 1. The zero-order valence-corrected chi connectivity index (χ0v) is 9.15. The molecule has 0 aliphatic heterocycles. The van der Waals surface area contributed by atoms with E-state index >= 15 is 0 Å². The first kappa shape index (κ1) is 12.0. The minimum absolute atomic E-state index is 0.131. The van der Waals surface area contributed by atoms with E-state index in [1.54, 1.807) is 12.1 Å². The molecule has 0 spiro atoms. The molecule has 3 nitrogen and oxygen atoms in total. The number of amides is 1. The van der Waals surface area contributed by atoms with Gasteiger partial charge in [0.15, 0.2) is 11.6 Å². The van der Waals surface area contributed by atoms with Crippen molar-refractivity contribution in [3.8, 4) is 5.75 Å². The predicted octanol–water partition coefficient (Wildman–Crippen LogP) is 2.92. The van der Waals surface area contributed by atoms with Crippen molar-refractivity contribution in [2.24, 2.45) is 0 Å². The van der Waals surface area contributed by atoms with Crippen LogP contribution in [0.5, 0.6) is 5.75 Å². The predicted molar refractivity (Wildman–Crippen MR) is 62.4 cm³/mol. The van der Waals surface area contributed by atoms with Crippen molar-refractivity contribution in [2.45, 2.75) is 0 Å². The van der Waals surface area contributed by atoms with Gasteiger partial charge in [0.25, 0.3) is 5.91 Å². The summed E-state index contributed by atoms with van der Waals surface area (Å²) in [7, 11) is 0. The van der Waals surface area contributed by atoms with Crippen LogP contribution in [-0.2, 0) is 0 Å². The highest BCUT2D eigenvalue weighted by molar-refractivity contribution is 6.05. The quantitative estimate of drug-likeness (QED) is 0.804. The van der Waals surface area contributed by atoms with Gasteiger partial charge >= 0.3 is 0 Å². The molecule has 2 rings (SSSR count). The first-order valence-corrected chi connectivity index (χ1v) is 5.13. The third kappa shape index (κ3) is 2.29. The molecule has 0 atom stereocenters.